The Morgan fingerprint density at radius 2 is 1.69 bits per heavy atom. The van der Waals surface area contributed by atoms with Gasteiger partial charge in [-0.3, -0.25) is 14.9 Å². The highest BCUT2D eigenvalue weighted by atomic mass is 16.6. The van der Waals surface area contributed by atoms with E-state index in [2.05, 4.69) is 36.5 Å². The average Bonchev–Trinajstić information content (AvgIpc) is 2.58. The van der Waals surface area contributed by atoms with Crippen molar-refractivity contribution in [1.29, 1.82) is 0 Å². The van der Waals surface area contributed by atoms with Crippen molar-refractivity contribution in [3.8, 4) is 0 Å². The maximum Gasteiger partial charge on any atom is 0.293 e. The van der Waals surface area contributed by atoms with Crippen LogP contribution in [0.4, 0.5) is 11.4 Å². The van der Waals surface area contributed by atoms with Crippen molar-refractivity contribution >= 4 is 17.3 Å². The second-order valence-corrected chi connectivity index (χ2v) is 6.74. The molecule has 1 atom stereocenters. The predicted molar refractivity (Wildman–Crippen MR) is 102 cm³/mol. The molecule has 0 spiro atoms. The molecule has 2 N–H and O–H groups in total. The lowest BCUT2D eigenvalue weighted by Gasteiger charge is -2.15. The minimum absolute atomic E-state index is 0.0748. The number of nitro benzene ring substituents is 1. The summed E-state index contributed by atoms with van der Waals surface area (Å²) >= 11 is 0. The zero-order chi connectivity index (χ0) is 19.3. The van der Waals surface area contributed by atoms with Crippen LogP contribution in [-0.4, -0.2) is 24.4 Å². The lowest BCUT2D eigenvalue weighted by Crippen LogP contribution is -3.08. The first-order valence-electron chi connectivity index (χ1n) is 8.74. The fourth-order valence-corrected chi connectivity index (χ4v) is 2.82. The van der Waals surface area contributed by atoms with E-state index in [0.29, 0.717) is 6.54 Å². The molecule has 0 aromatic heterocycles. The van der Waals surface area contributed by atoms with Gasteiger partial charge >= 0.3 is 0 Å². The number of quaternary nitrogens is 1. The molecule has 2 aromatic carbocycles. The van der Waals surface area contributed by atoms with Gasteiger partial charge in [-0.15, -0.1) is 0 Å². The van der Waals surface area contributed by atoms with Gasteiger partial charge in [-0.05, 0) is 43.0 Å². The largest absolute Gasteiger partial charge is 0.326 e. The van der Waals surface area contributed by atoms with Gasteiger partial charge in [0.25, 0.3) is 11.6 Å². The molecule has 2 aromatic rings. The Kier molecular flexibility index (Phi) is 6.46. The number of amides is 1. The Balaban J connectivity index is 2.01. The molecule has 2 rings (SSSR count). The highest BCUT2D eigenvalue weighted by Crippen LogP contribution is 2.27. The molecule has 6 nitrogen and oxygen atoms in total. The van der Waals surface area contributed by atoms with Gasteiger partial charge < -0.3 is 10.2 Å². The molecule has 0 radical (unpaired) electrons. The van der Waals surface area contributed by atoms with E-state index < -0.39 is 4.92 Å². The summed E-state index contributed by atoms with van der Waals surface area (Å²) in [6.07, 6.45) is 1.00. The fraction of sp³-hybridized carbons (Fsp3) is 0.350. The van der Waals surface area contributed by atoms with Gasteiger partial charge in [0, 0.05) is 11.6 Å². The molecule has 0 saturated carbocycles. The molecule has 0 fully saturated rings. The van der Waals surface area contributed by atoms with E-state index in [9.17, 15) is 14.9 Å². The maximum absolute atomic E-state index is 12.3. The molecule has 0 aliphatic heterocycles. The number of nitrogens with one attached hydrogen (secondary N) is 2. The zero-order valence-electron chi connectivity index (χ0n) is 15.8. The Hall–Kier alpha value is -2.73. The van der Waals surface area contributed by atoms with Gasteiger partial charge in [0.1, 0.15) is 12.2 Å². The van der Waals surface area contributed by atoms with E-state index in [4.69, 9.17) is 0 Å². The third-order valence-electron chi connectivity index (χ3n) is 4.48. The number of nitro groups is 1. The summed E-state index contributed by atoms with van der Waals surface area (Å²) in [5, 5.41) is 13.9. The highest BCUT2D eigenvalue weighted by molar-refractivity contribution is 5.94. The van der Waals surface area contributed by atoms with Crippen LogP contribution in [0.5, 0.6) is 0 Å². The number of nitrogens with zero attached hydrogens (tertiary/aromatic N) is 1. The Bertz CT molecular complexity index is 801. The van der Waals surface area contributed by atoms with Crippen molar-refractivity contribution < 1.29 is 14.6 Å². The summed E-state index contributed by atoms with van der Waals surface area (Å²) in [7, 11) is 1.93. The van der Waals surface area contributed by atoms with Crippen molar-refractivity contribution in [3.63, 3.8) is 0 Å². The summed E-state index contributed by atoms with van der Waals surface area (Å²) in [4.78, 5) is 24.1. The number of benzene rings is 2. The smallest absolute Gasteiger partial charge is 0.293 e. The second kappa shape index (κ2) is 8.58. The van der Waals surface area contributed by atoms with E-state index in [1.807, 2.05) is 20.9 Å². The minimum Gasteiger partial charge on any atom is -0.326 e. The molecule has 6 heteroatoms. The van der Waals surface area contributed by atoms with E-state index in [1.54, 1.807) is 6.07 Å². The highest BCUT2D eigenvalue weighted by Gasteiger charge is 2.19. The summed E-state index contributed by atoms with van der Waals surface area (Å²) in [5.74, 6) is -0.237. The first kappa shape index (κ1) is 19.6. The SMILES string of the molecule is CCc1ccc(C[NH+](C)CC(=O)Nc2cc(C)c(C)cc2[N+](=O)[O-])cc1. The topological polar surface area (TPSA) is 76.7 Å². The molecule has 0 aliphatic carbocycles. The monoisotopic (exact) mass is 356 g/mol. The Morgan fingerprint density at radius 1 is 1.12 bits per heavy atom. The van der Waals surface area contributed by atoms with Crippen molar-refractivity contribution in [1.82, 2.24) is 0 Å². The number of hydrogen-bond donors (Lipinski definition) is 2. The molecule has 0 aliphatic rings. The molecule has 1 unspecified atom stereocenters. The predicted octanol–water partition coefficient (Wildman–Crippen LogP) is 2.43. The van der Waals surface area contributed by atoms with E-state index in [-0.39, 0.29) is 23.8 Å². The average molecular weight is 356 g/mol. The number of aryl methyl sites for hydroxylation is 3. The van der Waals surface area contributed by atoms with Crippen molar-refractivity contribution in [2.24, 2.45) is 0 Å². The third kappa shape index (κ3) is 5.13. The van der Waals surface area contributed by atoms with Crippen LogP contribution in [0.25, 0.3) is 0 Å². The normalized spacial score (nSPS) is 11.8. The fourth-order valence-electron chi connectivity index (χ4n) is 2.82. The van der Waals surface area contributed by atoms with Crippen LogP contribution in [0, 0.1) is 24.0 Å². The van der Waals surface area contributed by atoms with Gasteiger partial charge in [-0.1, -0.05) is 31.2 Å². The maximum atomic E-state index is 12.3. The van der Waals surface area contributed by atoms with Gasteiger partial charge in [0.15, 0.2) is 6.54 Å². The van der Waals surface area contributed by atoms with Crippen LogP contribution in [0.3, 0.4) is 0 Å². The van der Waals surface area contributed by atoms with Gasteiger partial charge in [0.2, 0.25) is 0 Å². The summed E-state index contributed by atoms with van der Waals surface area (Å²) in [6.45, 7) is 6.75. The van der Waals surface area contributed by atoms with Crippen molar-refractivity contribution in [3.05, 3.63) is 68.8 Å². The quantitative estimate of drug-likeness (QED) is 0.591. The van der Waals surface area contributed by atoms with Crippen LogP contribution in [-0.2, 0) is 17.8 Å². The van der Waals surface area contributed by atoms with Crippen LogP contribution >= 0.6 is 0 Å². The molecular weight excluding hydrogens is 330 g/mol. The number of carbonyl (C=O) groups is 1. The van der Waals surface area contributed by atoms with Gasteiger partial charge in [-0.25, -0.2) is 0 Å². The van der Waals surface area contributed by atoms with Crippen molar-refractivity contribution in [2.45, 2.75) is 33.7 Å². The van der Waals surface area contributed by atoms with E-state index >= 15 is 0 Å². The summed E-state index contributed by atoms with van der Waals surface area (Å²) < 4.78 is 0. The Morgan fingerprint density at radius 3 is 2.27 bits per heavy atom. The molecular formula is C20H26N3O3+. The first-order chi connectivity index (χ1) is 12.3. The lowest BCUT2D eigenvalue weighted by molar-refractivity contribution is -0.885. The number of hydrogen-bond acceptors (Lipinski definition) is 3. The van der Waals surface area contributed by atoms with Crippen molar-refractivity contribution in [2.75, 3.05) is 18.9 Å². The number of carbonyl (C=O) groups excluding carboxylic acids is 1. The standard InChI is InChI=1S/C20H25N3O3/c1-5-16-6-8-17(9-7-16)12-22(4)13-20(24)21-18-10-14(2)15(3)11-19(18)23(25)26/h6-11H,5,12-13H2,1-4H3,(H,21,24)/p+1. The van der Waals surface area contributed by atoms with Gasteiger partial charge in [-0.2, -0.15) is 0 Å². The molecule has 0 saturated heterocycles. The van der Waals surface area contributed by atoms with Gasteiger partial charge in [0.05, 0.1) is 12.0 Å². The number of likely N-dealkylation sites (N-methyl/N-ethyl adjacent to an activating group) is 1. The molecule has 0 heterocycles. The molecule has 138 valence electrons. The molecule has 26 heavy (non-hydrogen) atoms. The third-order valence-corrected chi connectivity index (χ3v) is 4.48. The van der Waals surface area contributed by atoms with Crippen LogP contribution in [0.15, 0.2) is 36.4 Å². The van der Waals surface area contributed by atoms with E-state index in [0.717, 1.165) is 28.0 Å². The van der Waals surface area contributed by atoms with Crippen LogP contribution in [0.1, 0.15) is 29.2 Å². The zero-order valence-corrected chi connectivity index (χ0v) is 15.8. The second-order valence-electron chi connectivity index (χ2n) is 6.74. The van der Waals surface area contributed by atoms with E-state index in [1.165, 1.54) is 11.6 Å². The minimum atomic E-state index is -0.464. The lowest BCUT2D eigenvalue weighted by atomic mass is 10.1. The first-order valence-corrected chi connectivity index (χ1v) is 8.74. The molecule has 1 amide bonds. The Labute approximate surface area is 154 Å². The number of anilines is 1. The number of rotatable bonds is 7. The van der Waals surface area contributed by atoms with Crippen LogP contribution in [0.2, 0.25) is 0 Å². The van der Waals surface area contributed by atoms with Crippen LogP contribution < -0.4 is 10.2 Å². The molecule has 0 bridgehead atoms. The summed E-state index contributed by atoms with van der Waals surface area (Å²) in [6, 6.07) is 11.5. The summed E-state index contributed by atoms with van der Waals surface area (Å²) in [5.41, 5.74) is 4.35.